The molecule has 1 aliphatic rings. The van der Waals surface area contributed by atoms with Gasteiger partial charge in [-0.15, -0.1) is 0 Å². The van der Waals surface area contributed by atoms with Gasteiger partial charge in [-0.25, -0.2) is 19.6 Å². The van der Waals surface area contributed by atoms with Gasteiger partial charge in [-0.05, 0) is 18.8 Å². The number of carbonyl (C=O) groups excluding carboxylic acids is 1. The number of carboxylic acids is 1. The van der Waals surface area contributed by atoms with E-state index in [9.17, 15) is 14.7 Å². The van der Waals surface area contributed by atoms with Gasteiger partial charge in [0.2, 0.25) is 0 Å². The van der Waals surface area contributed by atoms with Gasteiger partial charge in [-0.2, -0.15) is 0 Å². The lowest BCUT2D eigenvalue weighted by molar-refractivity contribution is -0.146. The number of urea groups is 1. The average Bonchev–Trinajstić information content (AvgIpc) is 2.39. The Morgan fingerprint density at radius 2 is 2.10 bits per heavy atom. The molecule has 3 N–H and O–H groups in total. The number of amides is 2. The van der Waals surface area contributed by atoms with Crippen LogP contribution in [0.15, 0.2) is 18.7 Å². The van der Waals surface area contributed by atoms with Crippen molar-refractivity contribution in [2.75, 3.05) is 5.32 Å². The molecule has 1 fully saturated rings. The number of hydrogen-bond acceptors (Lipinski definition) is 4. The molecule has 20 heavy (non-hydrogen) atoms. The summed E-state index contributed by atoms with van der Waals surface area (Å²) in [6.45, 7) is 2.00. The summed E-state index contributed by atoms with van der Waals surface area (Å²) in [7, 11) is 0. The van der Waals surface area contributed by atoms with E-state index < -0.39 is 17.5 Å². The molecule has 7 heteroatoms. The van der Waals surface area contributed by atoms with Crippen molar-refractivity contribution in [3.8, 4) is 0 Å². The van der Waals surface area contributed by atoms with Crippen molar-refractivity contribution in [2.24, 2.45) is 5.92 Å². The first kappa shape index (κ1) is 14.2. The predicted octanol–water partition coefficient (Wildman–Crippen LogP) is 1.63. The Kier molecular flexibility index (Phi) is 4.16. The molecule has 1 saturated carbocycles. The third kappa shape index (κ3) is 3.23. The third-order valence-corrected chi connectivity index (χ3v) is 3.58. The number of anilines is 1. The van der Waals surface area contributed by atoms with E-state index in [0.29, 0.717) is 18.5 Å². The number of hydrogen-bond donors (Lipinski definition) is 3. The van der Waals surface area contributed by atoms with E-state index >= 15 is 0 Å². The number of aromatic nitrogens is 2. The smallest absolute Gasteiger partial charge is 0.329 e. The predicted molar refractivity (Wildman–Crippen MR) is 72.2 cm³/mol. The lowest BCUT2D eigenvalue weighted by Gasteiger charge is -2.36. The van der Waals surface area contributed by atoms with Gasteiger partial charge < -0.3 is 15.7 Å². The van der Waals surface area contributed by atoms with Crippen LogP contribution in [0.4, 0.5) is 10.5 Å². The minimum atomic E-state index is -1.18. The topological polar surface area (TPSA) is 104 Å². The van der Waals surface area contributed by atoms with Crippen LogP contribution < -0.4 is 10.6 Å². The van der Waals surface area contributed by atoms with Crippen LogP contribution in [-0.2, 0) is 4.79 Å². The Bertz CT molecular complexity index is 494. The van der Waals surface area contributed by atoms with E-state index in [2.05, 4.69) is 20.6 Å². The quantitative estimate of drug-likeness (QED) is 0.779. The molecule has 2 unspecified atom stereocenters. The fraction of sp³-hybridized carbons (Fsp3) is 0.538. The first-order valence-electron chi connectivity index (χ1n) is 6.59. The van der Waals surface area contributed by atoms with Gasteiger partial charge in [-0.1, -0.05) is 19.8 Å². The SMILES string of the molecule is CC1CCCC(NC(=O)Nc2cncnc2)(C(=O)O)C1. The standard InChI is InChI=1S/C13H18N4O3/c1-9-3-2-4-13(5-9,11(18)19)17-12(20)16-10-6-14-8-15-7-10/h6-9H,2-5H2,1H3,(H,18,19)(H2,16,17,20). The zero-order valence-corrected chi connectivity index (χ0v) is 11.3. The fourth-order valence-electron chi connectivity index (χ4n) is 2.66. The maximum absolute atomic E-state index is 12.0. The Labute approximate surface area is 116 Å². The normalized spacial score (nSPS) is 25.8. The molecule has 1 aliphatic carbocycles. The van der Waals surface area contributed by atoms with Crippen LogP contribution in [-0.4, -0.2) is 32.6 Å². The summed E-state index contributed by atoms with van der Waals surface area (Å²) in [6, 6.07) is -0.545. The Morgan fingerprint density at radius 1 is 1.40 bits per heavy atom. The average molecular weight is 278 g/mol. The Morgan fingerprint density at radius 3 is 2.70 bits per heavy atom. The van der Waals surface area contributed by atoms with Gasteiger partial charge in [0.15, 0.2) is 0 Å². The second kappa shape index (κ2) is 5.85. The maximum atomic E-state index is 12.0. The molecule has 0 spiro atoms. The van der Waals surface area contributed by atoms with Gasteiger partial charge in [0.1, 0.15) is 11.9 Å². The molecule has 108 valence electrons. The van der Waals surface area contributed by atoms with Crippen LogP contribution in [0.25, 0.3) is 0 Å². The highest BCUT2D eigenvalue weighted by atomic mass is 16.4. The summed E-state index contributed by atoms with van der Waals surface area (Å²) in [6.07, 6.45) is 6.93. The Hall–Kier alpha value is -2.18. The summed E-state index contributed by atoms with van der Waals surface area (Å²) in [4.78, 5) is 31.1. The summed E-state index contributed by atoms with van der Waals surface area (Å²) >= 11 is 0. The van der Waals surface area contributed by atoms with E-state index in [-0.39, 0.29) is 5.92 Å². The second-order valence-electron chi connectivity index (χ2n) is 5.30. The van der Waals surface area contributed by atoms with Crippen LogP contribution in [0, 0.1) is 5.92 Å². The maximum Gasteiger partial charge on any atom is 0.329 e. The van der Waals surface area contributed by atoms with E-state index in [1.165, 1.54) is 18.7 Å². The first-order valence-corrected chi connectivity index (χ1v) is 6.59. The van der Waals surface area contributed by atoms with Gasteiger partial charge in [0.05, 0.1) is 18.1 Å². The van der Waals surface area contributed by atoms with Crippen molar-refractivity contribution in [3.63, 3.8) is 0 Å². The van der Waals surface area contributed by atoms with Crippen LogP contribution in [0.3, 0.4) is 0 Å². The van der Waals surface area contributed by atoms with E-state index in [1.54, 1.807) is 0 Å². The molecule has 2 amide bonds. The third-order valence-electron chi connectivity index (χ3n) is 3.58. The second-order valence-corrected chi connectivity index (χ2v) is 5.30. The van der Waals surface area contributed by atoms with Gasteiger partial charge >= 0.3 is 12.0 Å². The molecule has 0 aromatic carbocycles. The van der Waals surface area contributed by atoms with Crippen molar-refractivity contribution < 1.29 is 14.7 Å². The lowest BCUT2D eigenvalue weighted by Crippen LogP contribution is -2.57. The van der Waals surface area contributed by atoms with E-state index in [0.717, 1.165) is 12.8 Å². The Balaban J connectivity index is 2.05. The highest BCUT2D eigenvalue weighted by Gasteiger charge is 2.43. The number of nitrogens with zero attached hydrogens (tertiary/aromatic N) is 2. The molecule has 2 atom stereocenters. The van der Waals surface area contributed by atoms with Crippen molar-refractivity contribution in [2.45, 2.75) is 38.1 Å². The molecule has 7 nitrogen and oxygen atoms in total. The molecule has 0 radical (unpaired) electrons. The molecule has 0 bridgehead atoms. The first-order chi connectivity index (χ1) is 9.52. The van der Waals surface area contributed by atoms with Gasteiger partial charge in [-0.3, -0.25) is 0 Å². The van der Waals surface area contributed by atoms with Crippen molar-refractivity contribution >= 4 is 17.7 Å². The molecule has 0 saturated heterocycles. The number of carboxylic acid groups (broad SMARTS) is 1. The monoisotopic (exact) mass is 278 g/mol. The number of aliphatic carboxylic acids is 1. The fourth-order valence-corrected chi connectivity index (χ4v) is 2.66. The molecule has 1 heterocycles. The van der Waals surface area contributed by atoms with Gasteiger partial charge in [0.25, 0.3) is 0 Å². The summed E-state index contributed by atoms with van der Waals surface area (Å²) in [5, 5.41) is 14.6. The number of rotatable bonds is 3. The molecular formula is C13H18N4O3. The summed E-state index contributed by atoms with van der Waals surface area (Å²) < 4.78 is 0. The minimum absolute atomic E-state index is 0.278. The summed E-state index contributed by atoms with van der Waals surface area (Å²) in [5.74, 6) is -0.705. The lowest BCUT2D eigenvalue weighted by atomic mass is 9.76. The molecule has 0 aliphatic heterocycles. The van der Waals surface area contributed by atoms with Crippen LogP contribution >= 0.6 is 0 Å². The van der Waals surface area contributed by atoms with Crippen LogP contribution in [0.1, 0.15) is 32.6 Å². The number of carbonyl (C=O) groups is 2. The highest BCUT2D eigenvalue weighted by molar-refractivity contribution is 5.93. The summed E-state index contributed by atoms with van der Waals surface area (Å²) in [5.41, 5.74) is -0.758. The van der Waals surface area contributed by atoms with E-state index in [4.69, 9.17) is 0 Å². The molecule has 1 aromatic heterocycles. The minimum Gasteiger partial charge on any atom is -0.480 e. The number of nitrogens with one attached hydrogen (secondary N) is 2. The zero-order chi connectivity index (χ0) is 14.6. The van der Waals surface area contributed by atoms with Crippen LogP contribution in [0.5, 0.6) is 0 Å². The molecule has 1 aromatic rings. The van der Waals surface area contributed by atoms with Crippen molar-refractivity contribution in [3.05, 3.63) is 18.7 Å². The largest absolute Gasteiger partial charge is 0.480 e. The van der Waals surface area contributed by atoms with Crippen molar-refractivity contribution in [1.29, 1.82) is 0 Å². The van der Waals surface area contributed by atoms with Crippen LogP contribution in [0.2, 0.25) is 0 Å². The van der Waals surface area contributed by atoms with E-state index in [1.807, 2.05) is 6.92 Å². The zero-order valence-electron chi connectivity index (χ0n) is 11.3. The molecular weight excluding hydrogens is 260 g/mol. The highest BCUT2D eigenvalue weighted by Crippen LogP contribution is 2.32. The van der Waals surface area contributed by atoms with Crippen molar-refractivity contribution in [1.82, 2.24) is 15.3 Å². The molecule has 2 rings (SSSR count). The van der Waals surface area contributed by atoms with Gasteiger partial charge in [0, 0.05) is 0 Å².